The van der Waals surface area contributed by atoms with Crippen molar-refractivity contribution in [2.24, 2.45) is 5.92 Å². The normalized spacial score (nSPS) is 17.5. The molecule has 2 heterocycles. The molecule has 2 rings (SSSR count). The van der Waals surface area contributed by atoms with Gasteiger partial charge in [0, 0.05) is 31.9 Å². The molecular formula is C19H29N3O4. The number of carbonyl (C=O) groups is 2. The Morgan fingerprint density at radius 3 is 2.85 bits per heavy atom. The molecular weight excluding hydrogens is 334 g/mol. The van der Waals surface area contributed by atoms with Crippen molar-refractivity contribution >= 4 is 12.0 Å². The van der Waals surface area contributed by atoms with E-state index in [1.165, 1.54) is 0 Å². The predicted octanol–water partition coefficient (Wildman–Crippen LogP) is 2.74. The lowest BCUT2D eigenvalue weighted by molar-refractivity contribution is -0.126. The summed E-state index contributed by atoms with van der Waals surface area (Å²) in [4.78, 5) is 30.4. The third-order valence-corrected chi connectivity index (χ3v) is 4.00. The van der Waals surface area contributed by atoms with Crippen LogP contribution in [0.4, 0.5) is 4.79 Å². The van der Waals surface area contributed by atoms with E-state index in [0.29, 0.717) is 32.1 Å². The van der Waals surface area contributed by atoms with E-state index < -0.39 is 5.60 Å². The Kier molecular flexibility index (Phi) is 6.83. The first kappa shape index (κ1) is 20.0. The summed E-state index contributed by atoms with van der Waals surface area (Å²) in [5, 5.41) is 2.94. The minimum absolute atomic E-state index is 0.0481. The highest BCUT2D eigenvalue weighted by Gasteiger charge is 2.30. The maximum absolute atomic E-state index is 12.5. The van der Waals surface area contributed by atoms with Crippen LogP contribution < -0.4 is 10.1 Å². The lowest BCUT2D eigenvalue weighted by atomic mass is 9.97. The van der Waals surface area contributed by atoms with Crippen LogP contribution >= 0.6 is 0 Å². The topological polar surface area (TPSA) is 80.8 Å². The molecule has 0 spiro atoms. The Bertz CT molecular complexity index is 627. The van der Waals surface area contributed by atoms with Crippen molar-refractivity contribution in [2.75, 3.05) is 19.7 Å². The van der Waals surface area contributed by atoms with Gasteiger partial charge in [0.1, 0.15) is 5.60 Å². The molecule has 1 saturated heterocycles. The highest BCUT2D eigenvalue weighted by atomic mass is 16.6. The smallest absolute Gasteiger partial charge is 0.410 e. The summed E-state index contributed by atoms with van der Waals surface area (Å²) < 4.78 is 10.8. The van der Waals surface area contributed by atoms with Crippen molar-refractivity contribution in [1.29, 1.82) is 0 Å². The molecule has 1 aromatic rings. The molecule has 1 aromatic heterocycles. The number of pyridine rings is 1. The molecule has 0 aliphatic carbocycles. The second-order valence-electron chi connectivity index (χ2n) is 7.42. The highest BCUT2D eigenvalue weighted by molar-refractivity contribution is 5.80. The van der Waals surface area contributed by atoms with Crippen LogP contribution in [0.1, 0.15) is 46.1 Å². The van der Waals surface area contributed by atoms with E-state index in [-0.39, 0.29) is 17.9 Å². The average Bonchev–Trinajstić information content (AvgIpc) is 2.59. The second kappa shape index (κ2) is 8.87. The van der Waals surface area contributed by atoms with E-state index in [9.17, 15) is 9.59 Å². The van der Waals surface area contributed by atoms with Gasteiger partial charge in [-0.2, -0.15) is 0 Å². The van der Waals surface area contributed by atoms with E-state index in [0.717, 1.165) is 18.4 Å². The summed E-state index contributed by atoms with van der Waals surface area (Å²) >= 11 is 0. The fraction of sp³-hybridized carbons (Fsp3) is 0.632. The largest absolute Gasteiger partial charge is 0.478 e. The van der Waals surface area contributed by atoms with E-state index in [2.05, 4.69) is 10.3 Å². The van der Waals surface area contributed by atoms with E-state index in [4.69, 9.17) is 9.47 Å². The standard InChI is InChI=1S/C19H29N3O4/c1-5-25-16-11-14(8-9-20-16)12-21-17(23)15-7-6-10-22(13-15)18(24)26-19(2,3)4/h8-9,11,15H,5-7,10,12-13H2,1-4H3,(H,21,23). The summed E-state index contributed by atoms with van der Waals surface area (Å²) in [6.45, 7) is 9.38. The van der Waals surface area contributed by atoms with Crippen molar-refractivity contribution in [1.82, 2.24) is 15.2 Å². The van der Waals surface area contributed by atoms with E-state index in [1.807, 2.05) is 39.8 Å². The molecule has 0 bridgehead atoms. The first-order valence-corrected chi connectivity index (χ1v) is 9.12. The Hall–Kier alpha value is -2.31. The number of likely N-dealkylation sites (tertiary alicyclic amines) is 1. The molecule has 1 aliphatic heterocycles. The number of amides is 2. The molecule has 26 heavy (non-hydrogen) atoms. The molecule has 1 N–H and O–H groups in total. The third kappa shape index (κ3) is 6.20. The van der Waals surface area contributed by atoms with Crippen LogP contribution in [0.25, 0.3) is 0 Å². The van der Waals surface area contributed by atoms with Crippen LogP contribution in [0.15, 0.2) is 18.3 Å². The number of ether oxygens (including phenoxy) is 2. The van der Waals surface area contributed by atoms with Gasteiger partial charge >= 0.3 is 6.09 Å². The zero-order valence-corrected chi connectivity index (χ0v) is 16.1. The summed E-state index contributed by atoms with van der Waals surface area (Å²) in [6.07, 6.45) is 2.87. The van der Waals surface area contributed by atoms with Gasteiger partial charge in [-0.1, -0.05) is 0 Å². The lowest BCUT2D eigenvalue weighted by Gasteiger charge is -2.33. The van der Waals surface area contributed by atoms with Gasteiger partial charge in [-0.15, -0.1) is 0 Å². The van der Waals surface area contributed by atoms with Gasteiger partial charge < -0.3 is 19.7 Å². The van der Waals surface area contributed by atoms with Gasteiger partial charge in [0.25, 0.3) is 0 Å². The molecule has 144 valence electrons. The van der Waals surface area contributed by atoms with Crippen LogP contribution in [0, 0.1) is 5.92 Å². The van der Waals surface area contributed by atoms with Crippen LogP contribution in [-0.4, -0.2) is 47.2 Å². The maximum atomic E-state index is 12.5. The zero-order valence-electron chi connectivity index (χ0n) is 16.1. The quantitative estimate of drug-likeness (QED) is 0.870. The SMILES string of the molecule is CCOc1cc(CNC(=O)C2CCCN(C(=O)OC(C)(C)C)C2)ccn1. The van der Waals surface area contributed by atoms with Gasteiger partial charge in [-0.3, -0.25) is 4.79 Å². The molecule has 7 nitrogen and oxygen atoms in total. The van der Waals surface area contributed by atoms with Crippen LogP contribution in [0.5, 0.6) is 5.88 Å². The third-order valence-electron chi connectivity index (χ3n) is 4.00. The summed E-state index contributed by atoms with van der Waals surface area (Å²) in [5.41, 5.74) is 0.392. The fourth-order valence-electron chi connectivity index (χ4n) is 2.80. The number of hydrogen-bond donors (Lipinski definition) is 1. The first-order chi connectivity index (χ1) is 12.3. The van der Waals surface area contributed by atoms with Crippen molar-refractivity contribution in [3.63, 3.8) is 0 Å². The molecule has 1 unspecified atom stereocenters. The summed E-state index contributed by atoms with van der Waals surface area (Å²) in [5.74, 6) is 0.283. The first-order valence-electron chi connectivity index (χ1n) is 9.12. The Labute approximate surface area is 155 Å². The predicted molar refractivity (Wildman–Crippen MR) is 97.8 cm³/mol. The van der Waals surface area contributed by atoms with Crippen LogP contribution in [-0.2, 0) is 16.1 Å². The summed E-state index contributed by atoms with van der Waals surface area (Å²) in [7, 11) is 0. The highest BCUT2D eigenvalue weighted by Crippen LogP contribution is 2.20. The zero-order chi connectivity index (χ0) is 19.2. The molecule has 0 radical (unpaired) electrons. The van der Waals surface area contributed by atoms with Gasteiger partial charge in [-0.25, -0.2) is 9.78 Å². The molecule has 2 amide bonds. The number of piperidine rings is 1. The Morgan fingerprint density at radius 1 is 1.38 bits per heavy atom. The second-order valence-corrected chi connectivity index (χ2v) is 7.42. The number of nitrogens with zero attached hydrogens (tertiary/aromatic N) is 2. The van der Waals surface area contributed by atoms with Gasteiger partial charge in [0.15, 0.2) is 0 Å². The number of carbonyl (C=O) groups excluding carboxylic acids is 2. The molecule has 0 saturated carbocycles. The average molecular weight is 363 g/mol. The van der Waals surface area contributed by atoms with E-state index in [1.54, 1.807) is 11.1 Å². The van der Waals surface area contributed by atoms with Crippen molar-refractivity contribution in [3.8, 4) is 5.88 Å². The number of hydrogen-bond acceptors (Lipinski definition) is 5. The van der Waals surface area contributed by atoms with Crippen molar-refractivity contribution < 1.29 is 19.1 Å². The summed E-state index contributed by atoms with van der Waals surface area (Å²) in [6, 6.07) is 3.66. The van der Waals surface area contributed by atoms with Crippen molar-refractivity contribution in [2.45, 2.75) is 52.7 Å². The van der Waals surface area contributed by atoms with Gasteiger partial charge in [0.2, 0.25) is 11.8 Å². The number of nitrogens with one attached hydrogen (secondary N) is 1. The number of aromatic nitrogens is 1. The van der Waals surface area contributed by atoms with Crippen molar-refractivity contribution in [3.05, 3.63) is 23.9 Å². The Morgan fingerprint density at radius 2 is 2.15 bits per heavy atom. The maximum Gasteiger partial charge on any atom is 0.410 e. The number of rotatable bonds is 5. The Balaban J connectivity index is 1.87. The molecule has 1 aliphatic rings. The van der Waals surface area contributed by atoms with Gasteiger partial charge in [-0.05, 0) is 52.2 Å². The monoisotopic (exact) mass is 363 g/mol. The minimum Gasteiger partial charge on any atom is -0.478 e. The van der Waals surface area contributed by atoms with Crippen LogP contribution in [0.2, 0.25) is 0 Å². The molecule has 1 fully saturated rings. The fourth-order valence-corrected chi connectivity index (χ4v) is 2.80. The minimum atomic E-state index is -0.536. The van der Waals surface area contributed by atoms with Gasteiger partial charge in [0.05, 0.1) is 12.5 Å². The molecule has 7 heteroatoms. The van der Waals surface area contributed by atoms with Crippen LogP contribution in [0.3, 0.4) is 0 Å². The lowest BCUT2D eigenvalue weighted by Crippen LogP contribution is -2.46. The van der Waals surface area contributed by atoms with E-state index >= 15 is 0 Å². The molecule has 0 aromatic carbocycles. The molecule has 1 atom stereocenters.